The van der Waals surface area contributed by atoms with Crippen LogP contribution in [0.5, 0.6) is 0 Å². The molecule has 0 spiro atoms. The van der Waals surface area contributed by atoms with Gasteiger partial charge >= 0.3 is 0 Å². The van der Waals surface area contributed by atoms with Gasteiger partial charge in [0, 0.05) is 25.7 Å². The van der Waals surface area contributed by atoms with Crippen LogP contribution in [0.25, 0.3) is 0 Å². The van der Waals surface area contributed by atoms with E-state index >= 15 is 0 Å². The largest absolute Gasteiger partial charge is 0.395 e. The molecule has 1 aromatic carbocycles. The summed E-state index contributed by atoms with van der Waals surface area (Å²) in [6, 6.07) is 8.52. The van der Waals surface area contributed by atoms with Crippen molar-refractivity contribution in [3.8, 4) is 0 Å². The normalized spacial score (nSPS) is 20.4. The van der Waals surface area contributed by atoms with Crippen molar-refractivity contribution >= 4 is 17.3 Å². The van der Waals surface area contributed by atoms with E-state index in [0.717, 1.165) is 30.3 Å². The average Bonchev–Trinajstić information content (AvgIpc) is 2.40. The fourth-order valence-corrected chi connectivity index (χ4v) is 2.84. The van der Waals surface area contributed by atoms with Crippen molar-refractivity contribution in [1.29, 1.82) is 0 Å². The van der Waals surface area contributed by atoms with E-state index in [0.29, 0.717) is 6.04 Å². The Bertz CT molecular complexity index is 386. The minimum Gasteiger partial charge on any atom is -0.395 e. The molecule has 1 atom stereocenters. The zero-order valence-electron chi connectivity index (χ0n) is 10.8. The van der Waals surface area contributed by atoms with Gasteiger partial charge in [-0.25, -0.2) is 0 Å². The van der Waals surface area contributed by atoms with Crippen molar-refractivity contribution in [1.82, 2.24) is 4.90 Å². The predicted molar refractivity (Wildman–Crippen MR) is 76.4 cm³/mol. The van der Waals surface area contributed by atoms with E-state index in [9.17, 15) is 0 Å². The molecule has 1 aromatic rings. The average molecular weight is 269 g/mol. The van der Waals surface area contributed by atoms with Gasteiger partial charge in [0.05, 0.1) is 17.3 Å². The van der Waals surface area contributed by atoms with Gasteiger partial charge in [0.1, 0.15) is 0 Å². The van der Waals surface area contributed by atoms with Gasteiger partial charge < -0.3 is 10.0 Å². The molecule has 0 aromatic heterocycles. The number of nitrogens with zero attached hydrogens (tertiary/aromatic N) is 2. The summed E-state index contributed by atoms with van der Waals surface area (Å²) in [4.78, 5) is 4.59. The molecule has 1 aliphatic rings. The Morgan fingerprint density at radius 3 is 2.94 bits per heavy atom. The van der Waals surface area contributed by atoms with Crippen molar-refractivity contribution in [2.75, 3.05) is 38.2 Å². The molecule has 1 unspecified atom stereocenters. The molecule has 3 nitrogen and oxygen atoms in total. The second-order valence-electron chi connectivity index (χ2n) is 4.90. The number of aliphatic hydroxyl groups is 1. The van der Waals surface area contributed by atoms with Gasteiger partial charge in [-0.3, -0.25) is 4.90 Å². The van der Waals surface area contributed by atoms with Gasteiger partial charge in [0.15, 0.2) is 0 Å². The molecule has 4 heteroatoms. The van der Waals surface area contributed by atoms with E-state index in [2.05, 4.69) is 22.9 Å². The summed E-state index contributed by atoms with van der Waals surface area (Å²) in [5, 5.41) is 9.84. The molecule has 0 radical (unpaired) electrons. The maximum Gasteiger partial charge on any atom is 0.0639 e. The van der Waals surface area contributed by atoms with Crippen LogP contribution in [-0.4, -0.2) is 49.3 Å². The number of piperidine rings is 1. The van der Waals surface area contributed by atoms with Gasteiger partial charge in [0.25, 0.3) is 0 Å². The Balaban J connectivity index is 2.05. The lowest BCUT2D eigenvalue weighted by molar-refractivity contribution is 0.166. The second kappa shape index (κ2) is 6.41. The Hall–Kier alpha value is -0.770. The lowest BCUT2D eigenvalue weighted by atomic mass is 10.0. The fraction of sp³-hybridized carbons (Fsp3) is 0.571. The van der Waals surface area contributed by atoms with Gasteiger partial charge in [0.2, 0.25) is 0 Å². The van der Waals surface area contributed by atoms with Crippen molar-refractivity contribution < 1.29 is 5.11 Å². The molecule has 100 valence electrons. The third-order valence-electron chi connectivity index (χ3n) is 3.67. The Morgan fingerprint density at radius 1 is 1.44 bits per heavy atom. The van der Waals surface area contributed by atoms with Crippen molar-refractivity contribution in [2.45, 2.75) is 18.9 Å². The fourth-order valence-electron chi connectivity index (χ4n) is 2.58. The minimum absolute atomic E-state index is 0.221. The predicted octanol–water partition coefficient (Wildman–Crippen LogP) is 2.23. The van der Waals surface area contributed by atoms with E-state index in [-0.39, 0.29) is 6.61 Å². The number of rotatable bonds is 4. The molecule has 2 rings (SSSR count). The number of para-hydroxylation sites is 1. The lowest BCUT2D eigenvalue weighted by Crippen LogP contribution is -2.47. The quantitative estimate of drug-likeness (QED) is 0.907. The molecular formula is C14H21ClN2O. The number of hydrogen-bond acceptors (Lipinski definition) is 3. The van der Waals surface area contributed by atoms with Gasteiger partial charge in [-0.15, -0.1) is 0 Å². The monoisotopic (exact) mass is 268 g/mol. The first-order valence-electron chi connectivity index (χ1n) is 6.53. The smallest absolute Gasteiger partial charge is 0.0639 e. The SMILES string of the molecule is CN(CCO)C1CCCN(c2ccccc2Cl)C1. The number of halogens is 1. The summed E-state index contributed by atoms with van der Waals surface area (Å²) < 4.78 is 0. The van der Waals surface area contributed by atoms with Crippen LogP contribution in [0.1, 0.15) is 12.8 Å². The standard InChI is InChI=1S/C14H21ClN2O/c1-16(9-10-18)12-5-4-8-17(11-12)14-7-3-2-6-13(14)15/h2-3,6-7,12,18H,4-5,8-11H2,1H3. The summed E-state index contributed by atoms with van der Waals surface area (Å²) in [6.07, 6.45) is 2.36. The molecule has 0 aliphatic carbocycles. The third-order valence-corrected chi connectivity index (χ3v) is 3.99. The van der Waals surface area contributed by atoms with Crippen LogP contribution < -0.4 is 4.90 Å². The Kier molecular flexibility index (Phi) is 4.87. The first-order chi connectivity index (χ1) is 8.72. The molecule has 18 heavy (non-hydrogen) atoms. The van der Waals surface area contributed by atoms with Gasteiger partial charge in [-0.05, 0) is 32.0 Å². The van der Waals surface area contributed by atoms with E-state index in [1.807, 2.05) is 18.2 Å². The first kappa shape index (κ1) is 13.7. The summed E-state index contributed by atoms with van der Waals surface area (Å²) in [6.45, 7) is 3.01. The van der Waals surface area contributed by atoms with E-state index in [4.69, 9.17) is 16.7 Å². The highest BCUT2D eigenvalue weighted by molar-refractivity contribution is 6.33. The summed E-state index contributed by atoms with van der Waals surface area (Å²) in [5.74, 6) is 0. The number of likely N-dealkylation sites (N-methyl/N-ethyl adjacent to an activating group) is 1. The zero-order valence-corrected chi connectivity index (χ0v) is 11.6. The number of anilines is 1. The molecule has 1 fully saturated rings. The number of aliphatic hydroxyl groups excluding tert-OH is 1. The first-order valence-corrected chi connectivity index (χ1v) is 6.90. The van der Waals surface area contributed by atoms with Crippen LogP contribution in [0.4, 0.5) is 5.69 Å². The molecule has 1 heterocycles. The molecule has 1 saturated heterocycles. The molecular weight excluding hydrogens is 248 g/mol. The number of benzene rings is 1. The minimum atomic E-state index is 0.221. The van der Waals surface area contributed by atoms with Crippen molar-refractivity contribution in [3.05, 3.63) is 29.3 Å². The molecule has 1 aliphatic heterocycles. The van der Waals surface area contributed by atoms with E-state index in [1.165, 1.54) is 12.8 Å². The maximum absolute atomic E-state index is 9.02. The van der Waals surface area contributed by atoms with Crippen LogP contribution >= 0.6 is 11.6 Å². The summed E-state index contributed by atoms with van der Waals surface area (Å²) >= 11 is 6.25. The van der Waals surface area contributed by atoms with Crippen LogP contribution in [0, 0.1) is 0 Å². The van der Waals surface area contributed by atoms with Crippen LogP contribution in [0.3, 0.4) is 0 Å². The highest BCUT2D eigenvalue weighted by atomic mass is 35.5. The van der Waals surface area contributed by atoms with Crippen LogP contribution in [0.2, 0.25) is 5.02 Å². The molecule has 0 amide bonds. The summed E-state index contributed by atoms with van der Waals surface area (Å²) in [5.41, 5.74) is 1.13. The van der Waals surface area contributed by atoms with E-state index < -0.39 is 0 Å². The molecule has 0 bridgehead atoms. The van der Waals surface area contributed by atoms with Crippen molar-refractivity contribution in [2.24, 2.45) is 0 Å². The lowest BCUT2D eigenvalue weighted by Gasteiger charge is -2.39. The molecule has 0 saturated carbocycles. The topological polar surface area (TPSA) is 26.7 Å². The second-order valence-corrected chi connectivity index (χ2v) is 5.30. The van der Waals surface area contributed by atoms with Gasteiger partial charge in [-0.2, -0.15) is 0 Å². The third kappa shape index (κ3) is 3.16. The highest BCUT2D eigenvalue weighted by Gasteiger charge is 2.23. The van der Waals surface area contributed by atoms with Gasteiger partial charge in [-0.1, -0.05) is 23.7 Å². The Labute approximate surface area is 114 Å². The van der Waals surface area contributed by atoms with Crippen LogP contribution in [0.15, 0.2) is 24.3 Å². The summed E-state index contributed by atoms with van der Waals surface area (Å²) in [7, 11) is 2.08. The van der Waals surface area contributed by atoms with Crippen molar-refractivity contribution in [3.63, 3.8) is 0 Å². The molecule has 1 N–H and O–H groups in total. The maximum atomic E-state index is 9.02. The Morgan fingerprint density at radius 2 is 2.22 bits per heavy atom. The van der Waals surface area contributed by atoms with Crippen LogP contribution in [-0.2, 0) is 0 Å². The number of hydrogen-bond donors (Lipinski definition) is 1. The zero-order chi connectivity index (χ0) is 13.0. The highest BCUT2D eigenvalue weighted by Crippen LogP contribution is 2.28. The van der Waals surface area contributed by atoms with E-state index in [1.54, 1.807) is 0 Å².